The highest BCUT2D eigenvalue weighted by Crippen LogP contribution is 2.33. The number of nitrogens with one attached hydrogen (secondary N) is 1. The highest BCUT2D eigenvalue weighted by molar-refractivity contribution is 9.10. The predicted molar refractivity (Wildman–Crippen MR) is 114 cm³/mol. The zero-order valence-electron chi connectivity index (χ0n) is 15.6. The molecule has 2 heterocycles. The van der Waals surface area contributed by atoms with Crippen LogP contribution < -0.4 is 10.2 Å². The Morgan fingerprint density at radius 1 is 1.03 bits per heavy atom. The highest BCUT2D eigenvalue weighted by atomic mass is 79.9. The Morgan fingerprint density at radius 3 is 2.45 bits per heavy atom. The van der Waals surface area contributed by atoms with E-state index in [-0.39, 0.29) is 17.0 Å². The summed E-state index contributed by atoms with van der Waals surface area (Å²) in [5, 5.41) is 13.0. The van der Waals surface area contributed by atoms with Gasteiger partial charge in [-0.1, -0.05) is 18.2 Å². The Morgan fingerprint density at radius 2 is 1.77 bits per heavy atom. The van der Waals surface area contributed by atoms with Gasteiger partial charge in [-0.3, -0.25) is 25.0 Å². The van der Waals surface area contributed by atoms with Crippen LogP contribution in [0.1, 0.15) is 5.76 Å². The lowest BCUT2D eigenvalue weighted by Gasteiger charge is -2.26. The number of nitro groups is 1. The quantitative estimate of drug-likeness (QED) is 0.256. The number of nitrogens with zero attached hydrogens (tertiary/aromatic N) is 2. The standard InChI is InChI=1S/C21H12BrN3O6/c22-17-10-13(25(29)30)6-8-15(17)18-9-7-14(31-18)11-16-19(26)23-21(28)24(20(16)27)12-4-2-1-3-5-12/h1-11H,(H,23,26,28). The highest BCUT2D eigenvalue weighted by Gasteiger charge is 2.37. The fraction of sp³-hybridized carbons (Fsp3) is 0. The second-order valence-electron chi connectivity index (χ2n) is 6.42. The maximum Gasteiger partial charge on any atom is 0.335 e. The van der Waals surface area contributed by atoms with Crippen LogP contribution in [0, 0.1) is 10.1 Å². The molecule has 1 N–H and O–H groups in total. The lowest BCUT2D eigenvalue weighted by molar-refractivity contribution is -0.384. The average Bonchev–Trinajstić information content (AvgIpc) is 3.20. The molecule has 154 valence electrons. The molecule has 0 bridgehead atoms. The minimum absolute atomic E-state index is 0.0836. The third kappa shape index (κ3) is 3.88. The van der Waals surface area contributed by atoms with Crippen molar-refractivity contribution in [2.24, 2.45) is 0 Å². The summed E-state index contributed by atoms with van der Waals surface area (Å²) < 4.78 is 6.15. The molecular formula is C21H12BrN3O6. The van der Waals surface area contributed by atoms with Gasteiger partial charge >= 0.3 is 6.03 Å². The van der Waals surface area contributed by atoms with Crippen LogP contribution in [-0.4, -0.2) is 22.8 Å². The summed E-state index contributed by atoms with van der Waals surface area (Å²) in [6.45, 7) is 0. The Labute approximate surface area is 183 Å². The number of para-hydroxylation sites is 1. The SMILES string of the molecule is O=C1NC(=O)N(c2ccccc2)C(=O)C1=Cc1ccc(-c2ccc([N+](=O)[O-])cc2Br)o1. The number of barbiturate groups is 1. The first-order valence-corrected chi connectivity index (χ1v) is 9.65. The Hall–Kier alpha value is -4.05. The molecule has 1 aromatic heterocycles. The van der Waals surface area contributed by atoms with Crippen molar-refractivity contribution in [2.45, 2.75) is 0 Å². The number of amides is 4. The van der Waals surface area contributed by atoms with E-state index in [9.17, 15) is 24.5 Å². The van der Waals surface area contributed by atoms with E-state index >= 15 is 0 Å². The van der Waals surface area contributed by atoms with Gasteiger partial charge in [-0.2, -0.15) is 0 Å². The summed E-state index contributed by atoms with van der Waals surface area (Å²) in [6, 6.07) is 14.7. The summed E-state index contributed by atoms with van der Waals surface area (Å²) in [4.78, 5) is 48.5. The molecule has 1 fully saturated rings. The number of halogens is 1. The van der Waals surface area contributed by atoms with E-state index in [0.29, 0.717) is 21.5 Å². The molecule has 1 aliphatic heterocycles. The molecule has 1 aliphatic rings. The van der Waals surface area contributed by atoms with E-state index in [4.69, 9.17) is 4.42 Å². The van der Waals surface area contributed by atoms with Gasteiger partial charge in [0.05, 0.1) is 10.6 Å². The van der Waals surface area contributed by atoms with Crippen molar-refractivity contribution >= 4 is 51.2 Å². The number of hydrogen-bond acceptors (Lipinski definition) is 6. The average molecular weight is 482 g/mol. The third-order valence-corrected chi connectivity index (χ3v) is 5.11. The summed E-state index contributed by atoms with van der Waals surface area (Å²) in [6.07, 6.45) is 1.24. The van der Waals surface area contributed by atoms with E-state index in [1.807, 2.05) is 0 Å². The number of nitro benzene ring substituents is 1. The maximum absolute atomic E-state index is 12.8. The van der Waals surface area contributed by atoms with Crippen molar-refractivity contribution in [3.05, 3.63) is 86.6 Å². The smallest absolute Gasteiger partial charge is 0.335 e. The number of non-ortho nitro benzene ring substituents is 1. The van der Waals surface area contributed by atoms with E-state index in [2.05, 4.69) is 21.2 Å². The molecule has 0 atom stereocenters. The zero-order valence-corrected chi connectivity index (χ0v) is 17.2. The van der Waals surface area contributed by atoms with Crippen LogP contribution in [-0.2, 0) is 9.59 Å². The van der Waals surface area contributed by atoms with Crippen LogP contribution >= 0.6 is 15.9 Å². The second kappa shape index (κ2) is 8.00. The van der Waals surface area contributed by atoms with Crippen molar-refractivity contribution in [1.29, 1.82) is 0 Å². The molecule has 1 saturated heterocycles. The minimum Gasteiger partial charge on any atom is -0.457 e. The Balaban J connectivity index is 1.67. The van der Waals surface area contributed by atoms with Gasteiger partial charge in [-0.05, 0) is 52.3 Å². The number of anilines is 1. The fourth-order valence-corrected chi connectivity index (χ4v) is 3.57. The number of urea groups is 1. The molecule has 0 saturated carbocycles. The maximum atomic E-state index is 12.8. The van der Waals surface area contributed by atoms with Gasteiger partial charge in [0.15, 0.2) is 0 Å². The number of imide groups is 2. The van der Waals surface area contributed by atoms with Crippen molar-refractivity contribution in [2.75, 3.05) is 4.90 Å². The molecule has 0 unspecified atom stereocenters. The van der Waals surface area contributed by atoms with Crippen LogP contribution in [0.3, 0.4) is 0 Å². The minimum atomic E-state index is -0.840. The van der Waals surface area contributed by atoms with E-state index < -0.39 is 22.8 Å². The second-order valence-corrected chi connectivity index (χ2v) is 7.27. The number of benzene rings is 2. The van der Waals surface area contributed by atoms with Crippen molar-refractivity contribution in [3.63, 3.8) is 0 Å². The van der Waals surface area contributed by atoms with Crippen LogP contribution in [0.2, 0.25) is 0 Å². The van der Waals surface area contributed by atoms with Gasteiger partial charge in [0.1, 0.15) is 17.1 Å². The first-order valence-electron chi connectivity index (χ1n) is 8.86. The Bertz CT molecular complexity index is 1270. The van der Waals surface area contributed by atoms with Gasteiger partial charge in [0.2, 0.25) is 0 Å². The van der Waals surface area contributed by atoms with Crippen molar-refractivity contribution in [1.82, 2.24) is 5.32 Å². The van der Waals surface area contributed by atoms with E-state index in [1.54, 1.807) is 42.5 Å². The predicted octanol–water partition coefficient (Wildman–Crippen LogP) is 4.28. The zero-order chi connectivity index (χ0) is 22.1. The van der Waals surface area contributed by atoms with Crippen LogP contribution in [0.15, 0.2) is 75.1 Å². The van der Waals surface area contributed by atoms with Crippen LogP contribution in [0.25, 0.3) is 17.4 Å². The molecule has 4 amide bonds. The summed E-state index contributed by atoms with van der Waals surface area (Å²) in [5.74, 6) is -1.06. The first-order chi connectivity index (χ1) is 14.8. The van der Waals surface area contributed by atoms with E-state index in [0.717, 1.165) is 4.90 Å². The molecule has 3 aromatic rings. The Kier molecular flexibility index (Phi) is 5.22. The number of rotatable bonds is 4. The molecular weight excluding hydrogens is 470 g/mol. The van der Waals surface area contributed by atoms with Crippen molar-refractivity contribution in [3.8, 4) is 11.3 Å². The topological polar surface area (TPSA) is 123 Å². The molecule has 10 heteroatoms. The van der Waals surface area contributed by atoms with Crippen LogP contribution in [0.5, 0.6) is 0 Å². The number of carbonyl (C=O) groups excluding carboxylic acids is 3. The third-order valence-electron chi connectivity index (χ3n) is 4.46. The van der Waals surface area contributed by atoms with Gasteiger partial charge in [-0.25, -0.2) is 9.69 Å². The molecule has 9 nitrogen and oxygen atoms in total. The largest absolute Gasteiger partial charge is 0.457 e. The first kappa shape index (κ1) is 20.2. The van der Waals surface area contributed by atoms with Crippen LogP contribution in [0.4, 0.5) is 16.2 Å². The number of carbonyl (C=O) groups is 3. The van der Waals surface area contributed by atoms with E-state index in [1.165, 1.54) is 24.3 Å². The molecule has 0 aliphatic carbocycles. The monoisotopic (exact) mass is 481 g/mol. The number of hydrogen-bond donors (Lipinski definition) is 1. The normalized spacial score (nSPS) is 15.3. The molecule has 2 aromatic carbocycles. The fourth-order valence-electron chi connectivity index (χ4n) is 3.00. The summed E-state index contributed by atoms with van der Waals surface area (Å²) in [7, 11) is 0. The molecule has 4 rings (SSSR count). The molecule has 31 heavy (non-hydrogen) atoms. The van der Waals surface area contributed by atoms with Gasteiger partial charge in [0.25, 0.3) is 17.5 Å². The lowest BCUT2D eigenvalue weighted by atomic mass is 10.1. The summed E-state index contributed by atoms with van der Waals surface area (Å²) >= 11 is 3.28. The number of furan rings is 1. The summed E-state index contributed by atoms with van der Waals surface area (Å²) in [5.41, 5.74) is 0.515. The lowest BCUT2D eigenvalue weighted by Crippen LogP contribution is -2.54. The molecule has 0 radical (unpaired) electrons. The van der Waals surface area contributed by atoms with Gasteiger partial charge < -0.3 is 4.42 Å². The van der Waals surface area contributed by atoms with Gasteiger partial charge in [0, 0.05) is 22.2 Å². The van der Waals surface area contributed by atoms with Crippen molar-refractivity contribution < 1.29 is 23.7 Å². The molecule has 0 spiro atoms. The van der Waals surface area contributed by atoms with Gasteiger partial charge in [-0.15, -0.1) is 0 Å².